The van der Waals surface area contributed by atoms with Crippen LogP contribution < -0.4 is 9.47 Å². The van der Waals surface area contributed by atoms with Crippen molar-refractivity contribution in [2.24, 2.45) is 0 Å². The van der Waals surface area contributed by atoms with E-state index in [4.69, 9.17) is 9.47 Å². The second-order valence-electron chi connectivity index (χ2n) is 8.69. The van der Waals surface area contributed by atoms with E-state index < -0.39 is 0 Å². The molecule has 3 aliphatic rings. The first kappa shape index (κ1) is 19.1. The van der Waals surface area contributed by atoms with E-state index in [1.54, 1.807) is 10.9 Å². The highest BCUT2D eigenvalue weighted by molar-refractivity contribution is 5.92. The standard InChI is InChI=1S/C25H24N4O3/c30-24(28-13-11-25(12-14-28)10-9-18-5-1-2-6-20(18)25)21-16-29(27-26-21)15-19-17-31-22-7-3-4-8-23(22)32-19/h1-10,16,19H,11-15,17H2/t19-/m1/s1. The van der Waals surface area contributed by atoms with Gasteiger partial charge in [0.25, 0.3) is 5.91 Å². The van der Waals surface area contributed by atoms with Gasteiger partial charge in [-0.2, -0.15) is 0 Å². The molecule has 0 saturated carbocycles. The second-order valence-corrected chi connectivity index (χ2v) is 8.69. The third-order valence-corrected chi connectivity index (χ3v) is 6.74. The molecule has 1 aliphatic carbocycles. The maximum Gasteiger partial charge on any atom is 0.276 e. The van der Waals surface area contributed by atoms with Crippen LogP contribution in [0.2, 0.25) is 0 Å². The van der Waals surface area contributed by atoms with Gasteiger partial charge in [0.2, 0.25) is 0 Å². The van der Waals surface area contributed by atoms with E-state index in [0.29, 0.717) is 31.9 Å². The molecule has 0 N–H and O–H groups in total. The molecule has 1 aromatic heterocycles. The Balaban J connectivity index is 1.09. The van der Waals surface area contributed by atoms with Gasteiger partial charge in [0.15, 0.2) is 23.3 Å². The van der Waals surface area contributed by atoms with Crippen molar-refractivity contribution < 1.29 is 14.3 Å². The lowest BCUT2D eigenvalue weighted by atomic mass is 9.74. The zero-order chi connectivity index (χ0) is 21.5. The van der Waals surface area contributed by atoms with E-state index in [9.17, 15) is 4.79 Å². The lowest BCUT2D eigenvalue weighted by Crippen LogP contribution is -2.44. The molecule has 1 atom stereocenters. The molecule has 2 aliphatic heterocycles. The average Bonchev–Trinajstić information content (AvgIpc) is 3.45. The summed E-state index contributed by atoms with van der Waals surface area (Å²) in [5.41, 5.74) is 3.11. The number of piperidine rings is 1. The first-order valence-electron chi connectivity index (χ1n) is 11.1. The maximum atomic E-state index is 13.1. The van der Waals surface area contributed by atoms with E-state index in [1.807, 2.05) is 29.2 Å². The first-order chi connectivity index (χ1) is 15.7. The van der Waals surface area contributed by atoms with Crippen LogP contribution in [0.3, 0.4) is 0 Å². The minimum atomic E-state index is -0.182. The number of para-hydroxylation sites is 2. The maximum absolute atomic E-state index is 13.1. The van der Waals surface area contributed by atoms with Crippen molar-refractivity contribution in [3.05, 3.63) is 77.6 Å². The summed E-state index contributed by atoms with van der Waals surface area (Å²) in [4.78, 5) is 14.9. The van der Waals surface area contributed by atoms with E-state index in [2.05, 4.69) is 46.7 Å². The van der Waals surface area contributed by atoms with Crippen molar-refractivity contribution in [3.63, 3.8) is 0 Å². The Morgan fingerprint density at radius 3 is 2.72 bits per heavy atom. The number of fused-ring (bicyclic) bond motifs is 3. The Kier molecular flexibility index (Phi) is 4.48. The molecule has 2 aromatic carbocycles. The summed E-state index contributed by atoms with van der Waals surface area (Å²) in [7, 11) is 0. The quantitative estimate of drug-likeness (QED) is 0.640. The summed E-state index contributed by atoms with van der Waals surface area (Å²) in [5, 5.41) is 8.29. The number of amides is 1. The van der Waals surface area contributed by atoms with Crippen LogP contribution in [0.25, 0.3) is 6.08 Å². The summed E-state index contributed by atoms with van der Waals surface area (Å²) in [5.74, 6) is 1.42. The predicted molar refractivity (Wildman–Crippen MR) is 119 cm³/mol. The second kappa shape index (κ2) is 7.51. The summed E-state index contributed by atoms with van der Waals surface area (Å²) in [6.07, 6.45) is 7.91. The van der Waals surface area contributed by atoms with Gasteiger partial charge in [-0.15, -0.1) is 5.10 Å². The molecule has 0 radical (unpaired) electrons. The summed E-state index contributed by atoms with van der Waals surface area (Å²) >= 11 is 0. The van der Waals surface area contributed by atoms with Gasteiger partial charge in [-0.05, 0) is 36.1 Å². The number of hydrogen-bond donors (Lipinski definition) is 0. The zero-order valence-corrected chi connectivity index (χ0v) is 17.7. The number of rotatable bonds is 3. The number of carbonyl (C=O) groups excluding carboxylic acids is 1. The van der Waals surface area contributed by atoms with Gasteiger partial charge in [-0.1, -0.05) is 53.8 Å². The lowest BCUT2D eigenvalue weighted by Gasteiger charge is -2.39. The number of benzene rings is 2. The number of allylic oxidation sites excluding steroid dienone is 1. The number of ether oxygens (including phenoxy) is 2. The molecule has 0 bridgehead atoms. The number of carbonyl (C=O) groups is 1. The molecule has 3 heterocycles. The fourth-order valence-electron chi connectivity index (χ4n) is 4.99. The highest BCUT2D eigenvalue weighted by atomic mass is 16.6. The third-order valence-electron chi connectivity index (χ3n) is 6.74. The molecule has 6 rings (SSSR count). The molecule has 1 fully saturated rings. The average molecular weight is 428 g/mol. The van der Waals surface area contributed by atoms with Crippen LogP contribution in [-0.4, -0.2) is 51.6 Å². The van der Waals surface area contributed by atoms with Gasteiger partial charge in [-0.25, -0.2) is 4.68 Å². The third kappa shape index (κ3) is 3.25. The highest BCUT2D eigenvalue weighted by Gasteiger charge is 2.39. The van der Waals surface area contributed by atoms with Crippen LogP contribution in [-0.2, 0) is 12.0 Å². The number of aromatic nitrogens is 3. The fourth-order valence-corrected chi connectivity index (χ4v) is 4.99. The first-order valence-corrected chi connectivity index (χ1v) is 11.1. The largest absolute Gasteiger partial charge is 0.486 e. The smallest absolute Gasteiger partial charge is 0.276 e. The van der Waals surface area contributed by atoms with Gasteiger partial charge in [0.05, 0.1) is 12.7 Å². The van der Waals surface area contributed by atoms with E-state index in [1.165, 1.54) is 11.1 Å². The van der Waals surface area contributed by atoms with E-state index in [-0.39, 0.29) is 17.4 Å². The zero-order valence-electron chi connectivity index (χ0n) is 17.7. The molecule has 0 unspecified atom stereocenters. The Bertz CT molecular complexity index is 1190. The molecule has 1 spiro atoms. The fraction of sp³-hybridized carbons (Fsp3) is 0.320. The van der Waals surface area contributed by atoms with Gasteiger partial charge in [0.1, 0.15) is 6.61 Å². The Hall–Kier alpha value is -3.61. The molecular weight excluding hydrogens is 404 g/mol. The van der Waals surface area contributed by atoms with Crippen LogP contribution in [0.15, 0.2) is 60.8 Å². The van der Waals surface area contributed by atoms with Crippen molar-refractivity contribution in [2.75, 3.05) is 19.7 Å². The molecule has 162 valence electrons. The lowest BCUT2D eigenvalue weighted by molar-refractivity contribution is 0.0683. The van der Waals surface area contributed by atoms with Gasteiger partial charge in [0, 0.05) is 18.5 Å². The Morgan fingerprint density at radius 1 is 1.06 bits per heavy atom. The predicted octanol–water partition coefficient (Wildman–Crippen LogP) is 3.32. The van der Waals surface area contributed by atoms with Crippen LogP contribution in [0, 0.1) is 0 Å². The Labute approximate surface area is 186 Å². The molecular formula is C25H24N4O3. The molecule has 7 heteroatoms. The summed E-state index contributed by atoms with van der Waals surface area (Å²) < 4.78 is 13.4. The van der Waals surface area contributed by atoms with E-state index >= 15 is 0 Å². The number of hydrogen-bond acceptors (Lipinski definition) is 5. The summed E-state index contributed by atoms with van der Waals surface area (Å²) in [6.45, 7) is 2.32. The van der Waals surface area contributed by atoms with Crippen LogP contribution in [0.1, 0.15) is 34.5 Å². The molecule has 3 aromatic rings. The molecule has 1 amide bonds. The number of nitrogens with zero attached hydrogens (tertiary/aromatic N) is 4. The normalized spacial score (nSPS) is 20.4. The van der Waals surface area contributed by atoms with Gasteiger partial charge in [-0.3, -0.25) is 4.79 Å². The highest BCUT2D eigenvalue weighted by Crippen LogP contribution is 2.43. The minimum absolute atomic E-state index is 0.0552. The van der Waals surface area contributed by atoms with Crippen molar-refractivity contribution in [2.45, 2.75) is 30.9 Å². The molecule has 1 saturated heterocycles. The van der Waals surface area contributed by atoms with E-state index in [0.717, 1.165) is 24.3 Å². The van der Waals surface area contributed by atoms with Crippen molar-refractivity contribution in [3.8, 4) is 11.5 Å². The minimum Gasteiger partial charge on any atom is -0.486 e. The van der Waals surface area contributed by atoms with Crippen molar-refractivity contribution >= 4 is 12.0 Å². The molecule has 32 heavy (non-hydrogen) atoms. The van der Waals surface area contributed by atoms with Crippen LogP contribution in [0.5, 0.6) is 11.5 Å². The monoisotopic (exact) mass is 428 g/mol. The van der Waals surface area contributed by atoms with Crippen LogP contribution >= 0.6 is 0 Å². The number of likely N-dealkylation sites (tertiary alicyclic amines) is 1. The summed E-state index contributed by atoms with van der Waals surface area (Å²) in [6, 6.07) is 16.2. The van der Waals surface area contributed by atoms with Gasteiger partial charge < -0.3 is 14.4 Å². The topological polar surface area (TPSA) is 69.5 Å². The van der Waals surface area contributed by atoms with Crippen molar-refractivity contribution in [1.29, 1.82) is 0 Å². The van der Waals surface area contributed by atoms with Crippen molar-refractivity contribution in [1.82, 2.24) is 19.9 Å². The Morgan fingerprint density at radius 2 is 1.84 bits per heavy atom. The SMILES string of the molecule is O=C(c1cn(C[C@@H]2COc3ccccc3O2)nn1)N1CCC2(C=Cc3ccccc32)CC1. The van der Waals surface area contributed by atoms with Crippen LogP contribution in [0.4, 0.5) is 0 Å². The molecule has 7 nitrogen and oxygen atoms in total. The van der Waals surface area contributed by atoms with Gasteiger partial charge >= 0.3 is 0 Å².